The van der Waals surface area contributed by atoms with E-state index in [9.17, 15) is 0 Å². The van der Waals surface area contributed by atoms with Crippen molar-refractivity contribution in [3.8, 4) is 0 Å². The van der Waals surface area contributed by atoms with Crippen LogP contribution in [-0.4, -0.2) is 42.3 Å². The topological polar surface area (TPSA) is 66.4 Å². The summed E-state index contributed by atoms with van der Waals surface area (Å²) in [6, 6.07) is 0. The minimum absolute atomic E-state index is 0.00903. The first-order valence-electron chi connectivity index (χ1n) is 8.93. The van der Waals surface area contributed by atoms with Gasteiger partial charge in [-0.3, -0.25) is 0 Å². The van der Waals surface area contributed by atoms with Crippen LogP contribution in [-0.2, 0) is 24.0 Å². The Balaban J connectivity index is 1.70. The van der Waals surface area contributed by atoms with Crippen LogP contribution in [0.1, 0.15) is 46.5 Å². The van der Waals surface area contributed by atoms with Gasteiger partial charge in [-0.1, -0.05) is 13.8 Å². The summed E-state index contributed by atoms with van der Waals surface area (Å²) in [4.78, 5) is 11.8. The molecule has 4 heterocycles. The molecule has 1 saturated carbocycles. The molecule has 8 atom stereocenters. The van der Waals surface area contributed by atoms with E-state index in [4.69, 9.17) is 29.1 Å². The minimum atomic E-state index is -0.750. The Labute approximate surface area is 137 Å². The second kappa shape index (κ2) is 5.64. The summed E-state index contributed by atoms with van der Waals surface area (Å²) in [6.45, 7) is 6.63. The van der Waals surface area contributed by atoms with Crippen molar-refractivity contribution in [2.75, 3.05) is 13.2 Å². The van der Waals surface area contributed by atoms with Crippen molar-refractivity contribution in [1.29, 1.82) is 0 Å². The molecular weight excluding hydrogens is 300 g/mol. The van der Waals surface area contributed by atoms with Gasteiger partial charge in [0, 0.05) is 18.3 Å². The van der Waals surface area contributed by atoms with Crippen molar-refractivity contribution >= 4 is 0 Å². The highest BCUT2D eigenvalue weighted by Gasteiger charge is 2.69. The molecule has 0 radical (unpaired) electrons. The summed E-state index contributed by atoms with van der Waals surface area (Å²) in [5.41, 5.74) is -0.536. The maximum Gasteiger partial charge on any atom is 0.201 e. The Hall–Kier alpha value is -0.240. The summed E-state index contributed by atoms with van der Waals surface area (Å²) in [6.07, 6.45) is 3.24. The van der Waals surface area contributed by atoms with Gasteiger partial charge in [0.15, 0.2) is 18.2 Å². The zero-order chi connectivity index (χ0) is 16.2. The molecule has 132 valence electrons. The molecule has 4 saturated heterocycles. The molecule has 0 aromatic heterocycles. The number of rotatable bonds is 3. The van der Waals surface area contributed by atoms with Crippen molar-refractivity contribution in [3.05, 3.63) is 0 Å². The SMILES string of the molecule is C[C@@H]1CCC2[C@@H](C)[C@@H](OCCO)O[C@@H]3OC4(C)CCC1[C@@]23OO4. The number of fused-ring (bicyclic) bond motifs is 2. The smallest absolute Gasteiger partial charge is 0.201 e. The van der Waals surface area contributed by atoms with E-state index in [1.807, 2.05) is 6.92 Å². The predicted octanol–water partition coefficient (Wildman–Crippen LogP) is 2.20. The Kier molecular flexibility index (Phi) is 3.99. The largest absolute Gasteiger partial charge is 0.394 e. The molecule has 2 bridgehead atoms. The lowest BCUT2D eigenvalue weighted by atomic mass is 9.58. The lowest BCUT2D eigenvalue weighted by Crippen LogP contribution is -2.70. The number of ether oxygens (including phenoxy) is 3. The van der Waals surface area contributed by atoms with E-state index in [0.29, 0.717) is 11.8 Å². The maximum atomic E-state index is 9.06. The van der Waals surface area contributed by atoms with Crippen LogP contribution in [0.25, 0.3) is 0 Å². The Morgan fingerprint density at radius 2 is 1.96 bits per heavy atom. The van der Waals surface area contributed by atoms with Crippen molar-refractivity contribution in [2.45, 2.75) is 70.4 Å². The van der Waals surface area contributed by atoms with E-state index < -0.39 is 17.7 Å². The Morgan fingerprint density at radius 3 is 2.74 bits per heavy atom. The van der Waals surface area contributed by atoms with Crippen LogP contribution < -0.4 is 0 Å². The maximum absolute atomic E-state index is 9.06. The molecule has 1 spiro atoms. The van der Waals surface area contributed by atoms with Gasteiger partial charge in [-0.15, -0.1) is 0 Å². The third-order valence-corrected chi connectivity index (χ3v) is 6.47. The second-order valence-electron chi connectivity index (χ2n) is 7.87. The van der Waals surface area contributed by atoms with Crippen molar-refractivity contribution in [3.63, 3.8) is 0 Å². The number of aliphatic hydroxyl groups excluding tert-OH is 1. The van der Waals surface area contributed by atoms with Crippen molar-refractivity contribution in [1.82, 2.24) is 0 Å². The Bertz CT molecular complexity index is 458. The van der Waals surface area contributed by atoms with Crippen molar-refractivity contribution in [2.24, 2.45) is 23.7 Å². The summed E-state index contributed by atoms with van der Waals surface area (Å²) in [5, 5.41) is 9.06. The first kappa shape index (κ1) is 16.2. The molecule has 3 unspecified atom stereocenters. The predicted molar refractivity (Wildman–Crippen MR) is 79.9 cm³/mol. The fraction of sp³-hybridized carbons (Fsp3) is 1.00. The number of hydrogen-bond acceptors (Lipinski definition) is 6. The van der Waals surface area contributed by atoms with E-state index >= 15 is 0 Å². The van der Waals surface area contributed by atoms with Crippen LogP contribution in [0.15, 0.2) is 0 Å². The van der Waals surface area contributed by atoms with E-state index in [2.05, 4.69) is 13.8 Å². The summed E-state index contributed by atoms with van der Waals surface area (Å²) in [7, 11) is 0. The van der Waals surface area contributed by atoms with Gasteiger partial charge in [0.2, 0.25) is 5.79 Å². The third-order valence-electron chi connectivity index (χ3n) is 6.47. The molecule has 23 heavy (non-hydrogen) atoms. The fourth-order valence-electron chi connectivity index (χ4n) is 5.23. The first-order valence-corrected chi connectivity index (χ1v) is 8.93. The molecule has 5 fully saturated rings. The van der Waals surface area contributed by atoms with Gasteiger partial charge >= 0.3 is 0 Å². The van der Waals surface area contributed by atoms with Crippen LogP contribution in [0, 0.1) is 23.7 Å². The lowest BCUT2D eigenvalue weighted by Gasteiger charge is -2.60. The quantitative estimate of drug-likeness (QED) is 0.801. The summed E-state index contributed by atoms with van der Waals surface area (Å²) < 4.78 is 18.2. The van der Waals surface area contributed by atoms with E-state index in [-0.39, 0.29) is 31.3 Å². The van der Waals surface area contributed by atoms with Crippen LogP contribution in [0.2, 0.25) is 0 Å². The van der Waals surface area contributed by atoms with Gasteiger partial charge in [-0.05, 0) is 38.0 Å². The molecule has 1 N–H and O–H groups in total. The van der Waals surface area contributed by atoms with Gasteiger partial charge in [0.25, 0.3) is 0 Å². The van der Waals surface area contributed by atoms with Gasteiger partial charge in [0.05, 0.1) is 13.2 Å². The molecule has 6 heteroatoms. The van der Waals surface area contributed by atoms with Crippen LogP contribution in [0.5, 0.6) is 0 Å². The highest BCUT2D eigenvalue weighted by Crippen LogP contribution is 2.60. The highest BCUT2D eigenvalue weighted by atomic mass is 17.3. The monoisotopic (exact) mass is 328 g/mol. The fourth-order valence-corrected chi connectivity index (χ4v) is 5.23. The van der Waals surface area contributed by atoms with E-state index in [0.717, 1.165) is 19.3 Å². The molecular formula is C17H28O6. The zero-order valence-corrected chi connectivity index (χ0v) is 14.2. The average molecular weight is 328 g/mol. The molecule has 1 aliphatic carbocycles. The summed E-state index contributed by atoms with van der Waals surface area (Å²) in [5.74, 6) is 0.625. The molecule has 5 rings (SSSR count). The minimum Gasteiger partial charge on any atom is -0.394 e. The number of aliphatic hydroxyl groups is 1. The number of hydrogen-bond donors (Lipinski definition) is 1. The van der Waals surface area contributed by atoms with Crippen LogP contribution in [0.3, 0.4) is 0 Å². The van der Waals surface area contributed by atoms with E-state index in [1.165, 1.54) is 6.42 Å². The zero-order valence-electron chi connectivity index (χ0n) is 14.2. The molecule has 6 nitrogen and oxygen atoms in total. The van der Waals surface area contributed by atoms with Gasteiger partial charge in [-0.2, -0.15) is 0 Å². The van der Waals surface area contributed by atoms with Gasteiger partial charge in [0.1, 0.15) is 0 Å². The van der Waals surface area contributed by atoms with Crippen LogP contribution >= 0.6 is 0 Å². The molecule has 4 aliphatic heterocycles. The lowest BCUT2D eigenvalue weighted by molar-refractivity contribution is -0.577. The van der Waals surface area contributed by atoms with Gasteiger partial charge in [-0.25, -0.2) is 9.78 Å². The molecule has 0 aromatic carbocycles. The summed E-state index contributed by atoms with van der Waals surface area (Å²) >= 11 is 0. The first-order chi connectivity index (χ1) is 11.0. The standard InChI is InChI=1S/C17H28O6/c1-10-4-5-13-11(2)14(19-9-8-18)20-15-17(13)12(10)6-7-16(3,21-15)22-23-17/h10-15,18H,4-9H2,1-3H3/t10-,11-,12?,13?,14+,15-,16?,17-/m1/s1. The second-order valence-corrected chi connectivity index (χ2v) is 7.87. The molecule has 0 amide bonds. The Morgan fingerprint density at radius 1 is 1.13 bits per heavy atom. The highest BCUT2D eigenvalue weighted by molar-refractivity contribution is 5.09. The van der Waals surface area contributed by atoms with Crippen LogP contribution in [0.4, 0.5) is 0 Å². The third kappa shape index (κ3) is 2.30. The van der Waals surface area contributed by atoms with Crippen molar-refractivity contribution < 1.29 is 29.1 Å². The van der Waals surface area contributed by atoms with Gasteiger partial charge < -0.3 is 19.3 Å². The normalized spacial score (nSPS) is 55.3. The van der Waals surface area contributed by atoms with E-state index in [1.54, 1.807) is 0 Å². The molecule has 0 aromatic rings. The average Bonchev–Trinajstić information content (AvgIpc) is 2.76. The molecule has 5 aliphatic rings.